The lowest BCUT2D eigenvalue weighted by Crippen LogP contribution is -2.24. The number of para-hydroxylation sites is 1. The minimum absolute atomic E-state index is 0.0943. The van der Waals surface area contributed by atoms with Crippen molar-refractivity contribution in [1.29, 1.82) is 0 Å². The predicted octanol–water partition coefficient (Wildman–Crippen LogP) is 3.33. The molecule has 2 aromatic carbocycles. The van der Waals surface area contributed by atoms with Crippen LogP contribution in [0.3, 0.4) is 0 Å². The summed E-state index contributed by atoms with van der Waals surface area (Å²) in [7, 11) is 0. The van der Waals surface area contributed by atoms with Gasteiger partial charge in [0.15, 0.2) is 5.58 Å². The fourth-order valence-corrected chi connectivity index (χ4v) is 3.41. The second kappa shape index (κ2) is 8.10. The summed E-state index contributed by atoms with van der Waals surface area (Å²) in [6.45, 7) is 0.678. The molecule has 0 unspecified atom stereocenters. The number of carbonyl (C=O) groups excluding carboxylic acids is 1. The predicted molar refractivity (Wildman–Crippen MR) is 106 cm³/mol. The third-order valence-corrected chi connectivity index (χ3v) is 4.90. The molecule has 4 rings (SSSR count). The number of thiazole rings is 1. The van der Waals surface area contributed by atoms with Gasteiger partial charge in [-0.25, -0.2) is 9.78 Å². The van der Waals surface area contributed by atoms with Crippen LogP contribution in [-0.4, -0.2) is 22.5 Å². The van der Waals surface area contributed by atoms with Gasteiger partial charge in [-0.15, -0.1) is 11.3 Å². The Hall–Kier alpha value is -3.39. The van der Waals surface area contributed by atoms with E-state index in [1.807, 2.05) is 41.8 Å². The molecule has 0 spiro atoms. The van der Waals surface area contributed by atoms with Gasteiger partial charge >= 0.3 is 5.76 Å². The Labute approximate surface area is 164 Å². The zero-order chi connectivity index (χ0) is 19.3. The van der Waals surface area contributed by atoms with Crippen LogP contribution in [-0.2, 0) is 11.3 Å². The zero-order valence-corrected chi connectivity index (χ0v) is 15.6. The molecule has 2 aromatic heterocycles. The van der Waals surface area contributed by atoms with E-state index < -0.39 is 5.76 Å². The number of oxazole rings is 1. The molecular weight excluding hydrogens is 378 g/mol. The molecule has 1 amide bonds. The SMILES string of the molecule is O=C(CCOc1ccccc1)NCc1nc(-c2ccc3[nH]c(=O)oc3c2)cs1. The van der Waals surface area contributed by atoms with Crippen molar-refractivity contribution in [1.82, 2.24) is 15.3 Å². The van der Waals surface area contributed by atoms with E-state index in [-0.39, 0.29) is 12.3 Å². The molecule has 8 heteroatoms. The summed E-state index contributed by atoms with van der Waals surface area (Å²) in [5.74, 6) is 0.170. The van der Waals surface area contributed by atoms with Crippen molar-refractivity contribution in [2.24, 2.45) is 0 Å². The number of nitrogens with one attached hydrogen (secondary N) is 2. The number of carbonyl (C=O) groups is 1. The Morgan fingerprint density at radius 1 is 1.21 bits per heavy atom. The van der Waals surface area contributed by atoms with Crippen LogP contribution >= 0.6 is 11.3 Å². The number of ether oxygens (including phenoxy) is 1. The number of benzene rings is 2. The first kappa shape index (κ1) is 18.0. The lowest BCUT2D eigenvalue weighted by molar-refractivity contribution is -0.121. The Morgan fingerprint density at radius 3 is 2.93 bits per heavy atom. The van der Waals surface area contributed by atoms with Crippen LogP contribution in [0, 0.1) is 0 Å². The summed E-state index contributed by atoms with van der Waals surface area (Å²) in [6, 6.07) is 14.8. The Morgan fingerprint density at radius 2 is 2.07 bits per heavy atom. The minimum Gasteiger partial charge on any atom is -0.493 e. The first-order chi connectivity index (χ1) is 13.7. The first-order valence-electron chi connectivity index (χ1n) is 8.69. The lowest BCUT2D eigenvalue weighted by Gasteiger charge is -2.06. The maximum atomic E-state index is 12.0. The number of rotatable bonds is 7. The van der Waals surface area contributed by atoms with Gasteiger partial charge in [0.2, 0.25) is 5.91 Å². The van der Waals surface area contributed by atoms with Gasteiger partial charge in [-0.2, -0.15) is 0 Å². The standard InChI is InChI=1S/C20H17N3O4S/c24-18(8-9-26-14-4-2-1-3-5-14)21-11-19-22-16(12-28-19)13-6-7-15-17(10-13)27-20(25)23-15/h1-7,10,12H,8-9,11H2,(H,21,24)(H,23,25). The van der Waals surface area contributed by atoms with Gasteiger partial charge in [0.1, 0.15) is 10.8 Å². The normalized spacial score (nSPS) is 10.9. The van der Waals surface area contributed by atoms with Gasteiger partial charge in [-0.3, -0.25) is 9.78 Å². The number of amides is 1. The average Bonchev–Trinajstić information content (AvgIpc) is 3.32. The summed E-state index contributed by atoms with van der Waals surface area (Å²) < 4.78 is 10.6. The maximum absolute atomic E-state index is 12.0. The van der Waals surface area contributed by atoms with E-state index in [0.717, 1.165) is 22.0 Å². The molecule has 0 saturated heterocycles. The highest BCUT2D eigenvalue weighted by Crippen LogP contribution is 2.24. The lowest BCUT2D eigenvalue weighted by atomic mass is 10.1. The van der Waals surface area contributed by atoms with Gasteiger partial charge < -0.3 is 14.5 Å². The topological polar surface area (TPSA) is 97.2 Å². The van der Waals surface area contributed by atoms with Crippen molar-refractivity contribution in [3.8, 4) is 17.0 Å². The number of fused-ring (bicyclic) bond motifs is 1. The Kier molecular flexibility index (Phi) is 5.20. The van der Waals surface area contributed by atoms with Gasteiger partial charge in [0, 0.05) is 10.9 Å². The third-order valence-electron chi connectivity index (χ3n) is 4.05. The molecule has 0 aliphatic carbocycles. The van der Waals surface area contributed by atoms with E-state index >= 15 is 0 Å². The van der Waals surface area contributed by atoms with Crippen LogP contribution in [0.1, 0.15) is 11.4 Å². The van der Waals surface area contributed by atoms with Crippen molar-refractivity contribution >= 4 is 28.3 Å². The van der Waals surface area contributed by atoms with Crippen molar-refractivity contribution in [2.45, 2.75) is 13.0 Å². The monoisotopic (exact) mass is 395 g/mol. The molecule has 0 fully saturated rings. The number of aromatic nitrogens is 2. The molecule has 0 radical (unpaired) electrons. The molecule has 2 N–H and O–H groups in total. The molecular formula is C20H17N3O4S. The van der Waals surface area contributed by atoms with E-state index in [9.17, 15) is 9.59 Å². The van der Waals surface area contributed by atoms with Crippen molar-refractivity contribution in [2.75, 3.05) is 6.61 Å². The molecule has 2 heterocycles. The quantitative estimate of drug-likeness (QED) is 0.500. The van der Waals surface area contributed by atoms with Crippen molar-refractivity contribution in [3.63, 3.8) is 0 Å². The minimum atomic E-state index is -0.481. The molecule has 4 aromatic rings. The molecule has 0 saturated carbocycles. The molecule has 0 bridgehead atoms. The highest BCUT2D eigenvalue weighted by Gasteiger charge is 2.09. The van der Waals surface area contributed by atoms with E-state index in [0.29, 0.717) is 24.3 Å². The fourth-order valence-electron chi connectivity index (χ4n) is 2.67. The van der Waals surface area contributed by atoms with Crippen LogP contribution in [0.25, 0.3) is 22.4 Å². The summed E-state index contributed by atoms with van der Waals surface area (Å²) in [5, 5.41) is 5.55. The maximum Gasteiger partial charge on any atom is 0.417 e. The van der Waals surface area contributed by atoms with Crippen LogP contribution in [0.15, 0.2) is 63.1 Å². The summed E-state index contributed by atoms with van der Waals surface area (Å²) in [4.78, 5) is 30.4. The van der Waals surface area contributed by atoms with Gasteiger partial charge in [0.25, 0.3) is 0 Å². The van der Waals surface area contributed by atoms with E-state index in [2.05, 4.69) is 15.3 Å². The van der Waals surface area contributed by atoms with Crippen LogP contribution in [0.2, 0.25) is 0 Å². The number of hydrogen-bond donors (Lipinski definition) is 2. The summed E-state index contributed by atoms with van der Waals surface area (Å²) in [6.07, 6.45) is 0.274. The van der Waals surface area contributed by atoms with Gasteiger partial charge in [-0.1, -0.05) is 24.3 Å². The zero-order valence-electron chi connectivity index (χ0n) is 14.8. The van der Waals surface area contributed by atoms with Crippen molar-refractivity contribution < 1.29 is 13.9 Å². The second-order valence-electron chi connectivity index (χ2n) is 6.04. The second-order valence-corrected chi connectivity index (χ2v) is 6.98. The number of H-pyrrole nitrogens is 1. The average molecular weight is 395 g/mol. The Balaban J connectivity index is 1.30. The molecule has 28 heavy (non-hydrogen) atoms. The van der Waals surface area contributed by atoms with Crippen LogP contribution in [0.5, 0.6) is 5.75 Å². The molecule has 0 atom stereocenters. The smallest absolute Gasteiger partial charge is 0.417 e. The largest absolute Gasteiger partial charge is 0.493 e. The van der Waals surface area contributed by atoms with Gasteiger partial charge in [0.05, 0.1) is 30.8 Å². The highest BCUT2D eigenvalue weighted by atomic mass is 32.1. The van der Waals surface area contributed by atoms with Gasteiger partial charge in [-0.05, 0) is 24.3 Å². The summed E-state index contributed by atoms with van der Waals surface area (Å²) >= 11 is 1.46. The molecule has 142 valence electrons. The van der Waals surface area contributed by atoms with E-state index in [1.165, 1.54) is 11.3 Å². The molecule has 7 nitrogen and oxygen atoms in total. The van der Waals surface area contributed by atoms with Crippen LogP contribution < -0.4 is 15.8 Å². The highest BCUT2D eigenvalue weighted by molar-refractivity contribution is 7.09. The van der Waals surface area contributed by atoms with Crippen molar-refractivity contribution in [3.05, 3.63) is 69.5 Å². The Bertz CT molecular complexity index is 1150. The number of nitrogens with zero attached hydrogens (tertiary/aromatic N) is 1. The first-order valence-corrected chi connectivity index (χ1v) is 9.57. The number of hydrogen-bond acceptors (Lipinski definition) is 6. The molecule has 0 aliphatic heterocycles. The summed E-state index contributed by atoms with van der Waals surface area (Å²) in [5.41, 5.74) is 2.76. The van der Waals surface area contributed by atoms with E-state index in [4.69, 9.17) is 9.15 Å². The van der Waals surface area contributed by atoms with E-state index in [1.54, 1.807) is 12.1 Å². The number of aromatic amines is 1. The fraction of sp³-hybridized carbons (Fsp3) is 0.150. The third kappa shape index (κ3) is 4.29. The van der Waals surface area contributed by atoms with Crippen LogP contribution in [0.4, 0.5) is 0 Å². The molecule has 0 aliphatic rings.